The third-order valence-corrected chi connectivity index (χ3v) is 4.77. The lowest BCUT2D eigenvalue weighted by Crippen LogP contribution is -2.59. The van der Waals surface area contributed by atoms with Crippen LogP contribution in [0.2, 0.25) is 0 Å². The first kappa shape index (κ1) is 16.3. The predicted molar refractivity (Wildman–Crippen MR) is 92.1 cm³/mol. The highest BCUT2D eigenvalue weighted by atomic mass is 16.3. The van der Waals surface area contributed by atoms with E-state index in [0.717, 1.165) is 0 Å². The standard InChI is InChI=1S/C19H22N2O3/c1-14-10-16(22)11-18(24)21(14)9-8-17(23)20-12-19(2,13-20)15-6-4-3-5-7-15/h3-7,10-11,22H,8-9,12-13H2,1-2H3. The Kier molecular flexibility index (Phi) is 4.18. The van der Waals surface area contributed by atoms with Crippen LogP contribution in [-0.4, -0.2) is 33.6 Å². The van der Waals surface area contributed by atoms with Gasteiger partial charge in [-0.25, -0.2) is 0 Å². The van der Waals surface area contributed by atoms with Crippen LogP contribution in [-0.2, 0) is 16.8 Å². The van der Waals surface area contributed by atoms with Crippen molar-refractivity contribution in [2.24, 2.45) is 0 Å². The molecule has 5 heteroatoms. The summed E-state index contributed by atoms with van der Waals surface area (Å²) in [6, 6.07) is 12.9. The van der Waals surface area contributed by atoms with Crippen molar-refractivity contribution in [3.63, 3.8) is 0 Å². The molecule has 2 aromatic rings. The summed E-state index contributed by atoms with van der Waals surface area (Å²) >= 11 is 0. The van der Waals surface area contributed by atoms with Gasteiger partial charge in [-0.3, -0.25) is 9.59 Å². The van der Waals surface area contributed by atoms with Crippen molar-refractivity contribution < 1.29 is 9.90 Å². The lowest BCUT2D eigenvalue weighted by molar-refractivity contribution is -0.138. The largest absolute Gasteiger partial charge is 0.508 e. The van der Waals surface area contributed by atoms with E-state index in [1.165, 1.54) is 22.3 Å². The Labute approximate surface area is 141 Å². The van der Waals surface area contributed by atoms with Crippen LogP contribution < -0.4 is 5.56 Å². The molecule has 0 saturated carbocycles. The molecule has 1 aliphatic rings. The second kappa shape index (κ2) is 6.15. The molecule has 0 spiro atoms. The fraction of sp³-hybridized carbons (Fsp3) is 0.368. The number of carbonyl (C=O) groups excluding carboxylic acids is 1. The monoisotopic (exact) mass is 326 g/mol. The van der Waals surface area contributed by atoms with E-state index in [1.54, 1.807) is 6.92 Å². The molecular formula is C19H22N2O3. The maximum absolute atomic E-state index is 12.4. The molecule has 1 aromatic heterocycles. The van der Waals surface area contributed by atoms with Crippen molar-refractivity contribution in [2.75, 3.05) is 13.1 Å². The Morgan fingerprint density at radius 3 is 2.50 bits per heavy atom. The summed E-state index contributed by atoms with van der Waals surface area (Å²) in [5.41, 5.74) is 1.64. The minimum atomic E-state index is -0.280. The van der Waals surface area contributed by atoms with Gasteiger partial charge in [0.25, 0.3) is 5.56 Å². The summed E-state index contributed by atoms with van der Waals surface area (Å²) in [6.45, 7) is 5.67. The molecule has 0 bridgehead atoms. The summed E-state index contributed by atoms with van der Waals surface area (Å²) in [6.07, 6.45) is 0.288. The maximum atomic E-state index is 12.4. The van der Waals surface area contributed by atoms with Crippen molar-refractivity contribution in [2.45, 2.75) is 32.2 Å². The van der Waals surface area contributed by atoms with Crippen LogP contribution in [0.15, 0.2) is 47.3 Å². The van der Waals surface area contributed by atoms with Crippen LogP contribution in [0, 0.1) is 6.92 Å². The van der Waals surface area contributed by atoms with E-state index in [2.05, 4.69) is 19.1 Å². The van der Waals surface area contributed by atoms with E-state index in [0.29, 0.717) is 25.3 Å². The zero-order valence-electron chi connectivity index (χ0n) is 14.0. The van der Waals surface area contributed by atoms with Gasteiger partial charge in [0.2, 0.25) is 5.91 Å². The predicted octanol–water partition coefficient (Wildman–Crippen LogP) is 2.05. The van der Waals surface area contributed by atoms with Crippen LogP contribution in [0.3, 0.4) is 0 Å². The highest BCUT2D eigenvalue weighted by Crippen LogP contribution is 2.34. The number of nitrogens with zero attached hydrogens (tertiary/aromatic N) is 2. The number of hydrogen-bond acceptors (Lipinski definition) is 3. The van der Waals surface area contributed by atoms with Crippen LogP contribution in [0.1, 0.15) is 24.6 Å². The average molecular weight is 326 g/mol. The van der Waals surface area contributed by atoms with Gasteiger partial charge in [0.05, 0.1) is 0 Å². The molecule has 2 heterocycles. The average Bonchev–Trinajstić information content (AvgIpc) is 2.51. The third-order valence-electron chi connectivity index (χ3n) is 4.77. The molecule has 0 atom stereocenters. The number of aromatic nitrogens is 1. The highest BCUT2D eigenvalue weighted by molar-refractivity contribution is 5.77. The molecule has 24 heavy (non-hydrogen) atoms. The topological polar surface area (TPSA) is 62.5 Å². The summed E-state index contributed by atoms with van der Waals surface area (Å²) < 4.78 is 1.52. The Morgan fingerprint density at radius 1 is 1.21 bits per heavy atom. The molecule has 1 N–H and O–H groups in total. The Morgan fingerprint density at radius 2 is 1.88 bits per heavy atom. The van der Waals surface area contributed by atoms with E-state index in [9.17, 15) is 14.7 Å². The molecule has 1 aromatic carbocycles. The Bertz CT molecular complexity index is 805. The summed E-state index contributed by atoms with van der Waals surface area (Å²) in [5.74, 6) is 0.0178. The number of amides is 1. The molecule has 3 rings (SSSR count). The van der Waals surface area contributed by atoms with Gasteiger partial charge in [-0.2, -0.15) is 0 Å². The van der Waals surface area contributed by atoms with Gasteiger partial charge in [0, 0.05) is 43.2 Å². The fourth-order valence-corrected chi connectivity index (χ4v) is 3.36. The molecule has 5 nitrogen and oxygen atoms in total. The molecule has 0 aliphatic carbocycles. The molecule has 126 valence electrons. The second-order valence-electron chi connectivity index (χ2n) is 6.77. The van der Waals surface area contributed by atoms with E-state index in [4.69, 9.17) is 0 Å². The number of hydrogen-bond donors (Lipinski definition) is 1. The minimum Gasteiger partial charge on any atom is -0.508 e. The quantitative estimate of drug-likeness (QED) is 0.935. The Balaban J connectivity index is 1.59. The lowest BCUT2D eigenvalue weighted by Gasteiger charge is -2.48. The van der Waals surface area contributed by atoms with Gasteiger partial charge in [-0.05, 0) is 18.6 Å². The van der Waals surface area contributed by atoms with Gasteiger partial charge in [0.1, 0.15) is 5.75 Å². The van der Waals surface area contributed by atoms with Crippen molar-refractivity contribution >= 4 is 5.91 Å². The molecular weight excluding hydrogens is 304 g/mol. The van der Waals surface area contributed by atoms with Crippen LogP contribution in [0.5, 0.6) is 5.75 Å². The zero-order valence-corrected chi connectivity index (χ0v) is 14.0. The summed E-state index contributed by atoms with van der Waals surface area (Å²) in [5, 5.41) is 9.41. The molecule has 0 unspecified atom stereocenters. The zero-order chi connectivity index (χ0) is 17.3. The smallest absolute Gasteiger partial charge is 0.254 e. The number of aryl methyl sites for hydroxylation is 1. The first-order valence-electron chi connectivity index (χ1n) is 8.13. The SMILES string of the molecule is Cc1cc(O)cc(=O)n1CCC(=O)N1CC(C)(c2ccccc2)C1. The van der Waals surface area contributed by atoms with Crippen LogP contribution >= 0.6 is 0 Å². The van der Waals surface area contributed by atoms with E-state index in [-0.39, 0.29) is 29.1 Å². The number of carbonyl (C=O) groups is 1. The number of aromatic hydroxyl groups is 1. The lowest BCUT2D eigenvalue weighted by atomic mass is 9.75. The first-order chi connectivity index (χ1) is 11.4. The minimum absolute atomic E-state index is 0.0161. The summed E-state index contributed by atoms with van der Waals surface area (Å²) in [4.78, 5) is 26.1. The van der Waals surface area contributed by atoms with Crippen molar-refractivity contribution in [1.82, 2.24) is 9.47 Å². The molecule has 1 fully saturated rings. The maximum Gasteiger partial charge on any atom is 0.254 e. The van der Waals surface area contributed by atoms with Gasteiger partial charge in [-0.1, -0.05) is 37.3 Å². The first-order valence-corrected chi connectivity index (χ1v) is 8.13. The molecule has 0 radical (unpaired) electrons. The summed E-state index contributed by atoms with van der Waals surface area (Å²) in [7, 11) is 0. The van der Waals surface area contributed by atoms with Gasteiger partial charge >= 0.3 is 0 Å². The van der Waals surface area contributed by atoms with Crippen molar-refractivity contribution in [3.8, 4) is 5.75 Å². The van der Waals surface area contributed by atoms with E-state index >= 15 is 0 Å². The number of rotatable bonds is 4. The molecule has 1 saturated heterocycles. The van der Waals surface area contributed by atoms with Crippen molar-refractivity contribution in [1.29, 1.82) is 0 Å². The fourth-order valence-electron chi connectivity index (χ4n) is 3.36. The van der Waals surface area contributed by atoms with Crippen LogP contribution in [0.25, 0.3) is 0 Å². The Hall–Kier alpha value is -2.56. The molecule has 1 aliphatic heterocycles. The second-order valence-corrected chi connectivity index (χ2v) is 6.77. The normalized spacial score (nSPS) is 15.8. The van der Waals surface area contributed by atoms with E-state index < -0.39 is 0 Å². The van der Waals surface area contributed by atoms with Gasteiger partial charge in [-0.15, -0.1) is 0 Å². The molecule has 1 amide bonds. The van der Waals surface area contributed by atoms with Crippen LogP contribution in [0.4, 0.5) is 0 Å². The van der Waals surface area contributed by atoms with Crippen molar-refractivity contribution in [3.05, 3.63) is 64.1 Å². The number of likely N-dealkylation sites (tertiary alicyclic amines) is 1. The van der Waals surface area contributed by atoms with Gasteiger partial charge < -0.3 is 14.6 Å². The number of benzene rings is 1. The van der Waals surface area contributed by atoms with Gasteiger partial charge in [0.15, 0.2) is 0 Å². The third kappa shape index (κ3) is 3.07. The number of pyridine rings is 1. The van der Waals surface area contributed by atoms with E-state index in [1.807, 2.05) is 23.1 Å². The highest BCUT2D eigenvalue weighted by Gasteiger charge is 2.42.